The van der Waals surface area contributed by atoms with Crippen LogP contribution in [-0.2, 0) is 16.0 Å². The number of ether oxygens (including phenoxy) is 1. The van der Waals surface area contributed by atoms with Crippen LogP contribution < -0.4 is 15.0 Å². The number of nitrogens with two attached hydrogens (primary N) is 1. The standard InChI is InChI=1S/C20H22N2O3/c1-14-3-7-16(8-4-14)22-19(23)13-18(20(22)24)21-12-11-15-5-9-17(25-2)10-6-15/h3-10,18,21H,11-13H2,1-2H3/p+1. The number of hydrogen-bond donors (Lipinski definition) is 1. The number of hydrogen-bond acceptors (Lipinski definition) is 3. The number of carbonyl (C=O) groups excluding carboxylic acids is 2. The Morgan fingerprint density at radius 1 is 1.08 bits per heavy atom. The number of aryl methyl sites for hydroxylation is 1. The molecule has 1 aliphatic rings. The van der Waals surface area contributed by atoms with E-state index in [1.807, 2.05) is 60.8 Å². The fourth-order valence-electron chi connectivity index (χ4n) is 3.05. The lowest BCUT2D eigenvalue weighted by atomic mass is 10.1. The molecule has 1 unspecified atom stereocenters. The first kappa shape index (κ1) is 17.2. The highest BCUT2D eigenvalue weighted by Crippen LogP contribution is 2.22. The van der Waals surface area contributed by atoms with Crippen LogP contribution in [0.25, 0.3) is 0 Å². The minimum Gasteiger partial charge on any atom is -0.497 e. The van der Waals surface area contributed by atoms with Gasteiger partial charge in [-0.05, 0) is 36.8 Å². The molecule has 2 aromatic carbocycles. The van der Waals surface area contributed by atoms with Gasteiger partial charge in [0, 0.05) is 6.42 Å². The largest absolute Gasteiger partial charge is 0.497 e. The van der Waals surface area contributed by atoms with E-state index in [-0.39, 0.29) is 24.3 Å². The maximum absolute atomic E-state index is 12.6. The molecule has 1 aliphatic heterocycles. The molecule has 130 valence electrons. The second-order valence-corrected chi connectivity index (χ2v) is 6.34. The van der Waals surface area contributed by atoms with Crippen molar-refractivity contribution in [3.05, 3.63) is 59.7 Å². The molecule has 0 bridgehead atoms. The van der Waals surface area contributed by atoms with Crippen LogP contribution in [0.1, 0.15) is 17.5 Å². The van der Waals surface area contributed by atoms with Gasteiger partial charge in [0.15, 0.2) is 6.04 Å². The highest BCUT2D eigenvalue weighted by Gasteiger charge is 2.41. The fraction of sp³-hybridized carbons (Fsp3) is 0.300. The van der Waals surface area contributed by atoms with Gasteiger partial charge in [-0.3, -0.25) is 9.59 Å². The molecule has 1 atom stereocenters. The van der Waals surface area contributed by atoms with E-state index in [4.69, 9.17) is 4.74 Å². The van der Waals surface area contributed by atoms with E-state index in [1.165, 1.54) is 10.5 Å². The van der Waals surface area contributed by atoms with E-state index in [2.05, 4.69) is 0 Å². The van der Waals surface area contributed by atoms with Gasteiger partial charge in [0.05, 0.1) is 25.8 Å². The third-order valence-corrected chi connectivity index (χ3v) is 4.52. The smallest absolute Gasteiger partial charge is 0.292 e. The van der Waals surface area contributed by atoms with Crippen molar-refractivity contribution in [1.29, 1.82) is 0 Å². The zero-order valence-electron chi connectivity index (χ0n) is 14.6. The number of quaternary nitrogens is 1. The third kappa shape index (κ3) is 3.88. The van der Waals surface area contributed by atoms with Crippen molar-refractivity contribution in [2.45, 2.75) is 25.8 Å². The zero-order valence-corrected chi connectivity index (χ0v) is 14.6. The van der Waals surface area contributed by atoms with E-state index < -0.39 is 0 Å². The van der Waals surface area contributed by atoms with Gasteiger partial charge in [-0.1, -0.05) is 29.8 Å². The third-order valence-electron chi connectivity index (χ3n) is 4.52. The summed E-state index contributed by atoms with van der Waals surface area (Å²) in [4.78, 5) is 26.2. The summed E-state index contributed by atoms with van der Waals surface area (Å²) >= 11 is 0. The van der Waals surface area contributed by atoms with Crippen LogP contribution in [0, 0.1) is 6.92 Å². The van der Waals surface area contributed by atoms with Gasteiger partial charge in [0.25, 0.3) is 5.91 Å². The number of rotatable bonds is 6. The predicted molar refractivity (Wildman–Crippen MR) is 95.6 cm³/mol. The first-order chi connectivity index (χ1) is 12.1. The van der Waals surface area contributed by atoms with E-state index in [9.17, 15) is 9.59 Å². The number of anilines is 1. The topological polar surface area (TPSA) is 63.2 Å². The Kier molecular flexibility index (Phi) is 5.14. The molecule has 2 aromatic rings. The Labute approximate surface area is 147 Å². The van der Waals surface area contributed by atoms with Crippen molar-refractivity contribution >= 4 is 17.5 Å². The quantitative estimate of drug-likeness (QED) is 0.810. The minimum absolute atomic E-state index is 0.122. The summed E-state index contributed by atoms with van der Waals surface area (Å²) in [7, 11) is 1.64. The van der Waals surface area contributed by atoms with E-state index >= 15 is 0 Å². The van der Waals surface area contributed by atoms with Crippen LogP contribution in [0.4, 0.5) is 5.69 Å². The second-order valence-electron chi connectivity index (χ2n) is 6.34. The number of methoxy groups -OCH3 is 1. The van der Waals surface area contributed by atoms with Crippen LogP contribution in [0.2, 0.25) is 0 Å². The Balaban J connectivity index is 1.57. The molecule has 0 aliphatic carbocycles. The summed E-state index contributed by atoms with van der Waals surface area (Å²) in [6.45, 7) is 2.74. The predicted octanol–water partition coefficient (Wildman–Crippen LogP) is 1.44. The first-order valence-corrected chi connectivity index (χ1v) is 8.48. The van der Waals surface area contributed by atoms with Crippen molar-refractivity contribution in [1.82, 2.24) is 0 Å². The monoisotopic (exact) mass is 339 g/mol. The van der Waals surface area contributed by atoms with Crippen molar-refractivity contribution in [2.24, 2.45) is 0 Å². The Bertz CT molecular complexity index is 754. The molecular weight excluding hydrogens is 316 g/mol. The molecule has 0 saturated carbocycles. The highest BCUT2D eigenvalue weighted by atomic mass is 16.5. The summed E-state index contributed by atoms with van der Waals surface area (Å²) in [6, 6.07) is 15.0. The summed E-state index contributed by atoms with van der Waals surface area (Å²) in [5.74, 6) is 0.584. The Morgan fingerprint density at radius 3 is 2.40 bits per heavy atom. The van der Waals surface area contributed by atoms with Crippen LogP contribution in [-0.4, -0.2) is 31.5 Å². The summed E-state index contributed by atoms with van der Waals surface area (Å²) in [6.07, 6.45) is 1.10. The number of nitrogens with zero attached hydrogens (tertiary/aromatic N) is 1. The van der Waals surface area contributed by atoms with Gasteiger partial charge in [0.1, 0.15) is 5.75 Å². The molecule has 1 heterocycles. The molecule has 3 rings (SSSR count). The molecule has 0 aromatic heterocycles. The van der Waals surface area contributed by atoms with Gasteiger partial charge >= 0.3 is 0 Å². The van der Waals surface area contributed by atoms with Crippen LogP contribution >= 0.6 is 0 Å². The second kappa shape index (κ2) is 7.49. The van der Waals surface area contributed by atoms with Gasteiger partial charge in [-0.2, -0.15) is 0 Å². The first-order valence-electron chi connectivity index (χ1n) is 8.48. The molecule has 1 fully saturated rings. The fourth-order valence-corrected chi connectivity index (χ4v) is 3.05. The molecule has 2 amide bonds. The Hall–Kier alpha value is -2.66. The van der Waals surface area contributed by atoms with Gasteiger partial charge in [-0.25, -0.2) is 4.90 Å². The number of carbonyl (C=O) groups is 2. The van der Waals surface area contributed by atoms with Crippen molar-refractivity contribution < 1.29 is 19.6 Å². The lowest BCUT2D eigenvalue weighted by Crippen LogP contribution is -2.92. The van der Waals surface area contributed by atoms with E-state index in [0.717, 1.165) is 24.3 Å². The zero-order chi connectivity index (χ0) is 17.8. The van der Waals surface area contributed by atoms with Crippen molar-refractivity contribution in [2.75, 3.05) is 18.6 Å². The summed E-state index contributed by atoms with van der Waals surface area (Å²) < 4.78 is 5.15. The molecule has 1 saturated heterocycles. The molecule has 0 radical (unpaired) electrons. The molecule has 2 N–H and O–H groups in total. The van der Waals surface area contributed by atoms with Crippen LogP contribution in [0.3, 0.4) is 0 Å². The summed E-state index contributed by atoms with van der Waals surface area (Å²) in [5.41, 5.74) is 2.95. The summed E-state index contributed by atoms with van der Waals surface area (Å²) in [5, 5.41) is 1.97. The highest BCUT2D eigenvalue weighted by molar-refractivity contribution is 6.21. The van der Waals surface area contributed by atoms with Crippen molar-refractivity contribution in [3.63, 3.8) is 0 Å². The SMILES string of the molecule is COc1ccc(CC[NH2+]C2CC(=O)N(c3ccc(C)cc3)C2=O)cc1. The molecule has 0 spiro atoms. The van der Waals surface area contributed by atoms with Crippen LogP contribution in [0.5, 0.6) is 5.75 Å². The van der Waals surface area contributed by atoms with Gasteiger partial charge in [-0.15, -0.1) is 0 Å². The van der Waals surface area contributed by atoms with Gasteiger partial charge in [0.2, 0.25) is 5.91 Å². The molecule has 5 heteroatoms. The Morgan fingerprint density at radius 2 is 1.76 bits per heavy atom. The van der Waals surface area contributed by atoms with Gasteiger partial charge < -0.3 is 10.1 Å². The lowest BCUT2D eigenvalue weighted by Gasteiger charge is -2.14. The number of amides is 2. The minimum atomic E-state index is -0.327. The number of benzene rings is 2. The maximum atomic E-state index is 12.6. The maximum Gasteiger partial charge on any atom is 0.292 e. The van der Waals surface area contributed by atoms with Crippen LogP contribution in [0.15, 0.2) is 48.5 Å². The van der Waals surface area contributed by atoms with Crippen molar-refractivity contribution in [3.8, 4) is 5.75 Å². The molecule has 25 heavy (non-hydrogen) atoms. The van der Waals surface area contributed by atoms with E-state index in [0.29, 0.717) is 5.69 Å². The average Bonchev–Trinajstić information content (AvgIpc) is 2.90. The lowest BCUT2D eigenvalue weighted by molar-refractivity contribution is -0.674. The average molecular weight is 339 g/mol. The van der Waals surface area contributed by atoms with E-state index in [1.54, 1.807) is 7.11 Å². The normalized spacial score (nSPS) is 17.2. The number of imide groups is 1. The molecular formula is C20H23N2O3+. The molecule has 5 nitrogen and oxygen atoms in total.